The fourth-order valence-electron chi connectivity index (χ4n) is 2.82. The summed E-state index contributed by atoms with van der Waals surface area (Å²) in [5.74, 6) is -1.18. The van der Waals surface area contributed by atoms with E-state index >= 15 is 0 Å². The average molecular weight is 383 g/mol. The van der Waals surface area contributed by atoms with Gasteiger partial charge in [0.2, 0.25) is 5.91 Å². The van der Waals surface area contributed by atoms with Crippen molar-refractivity contribution in [2.75, 3.05) is 10.2 Å². The Morgan fingerprint density at radius 1 is 1.15 bits per heavy atom. The summed E-state index contributed by atoms with van der Waals surface area (Å²) in [7, 11) is 0. The van der Waals surface area contributed by atoms with E-state index in [9.17, 15) is 22.8 Å². The van der Waals surface area contributed by atoms with Gasteiger partial charge in [-0.3, -0.25) is 9.59 Å². The van der Waals surface area contributed by atoms with Gasteiger partial charge in [0.05, 0.1) is 22.7 Å². The highest BCUT2D eigenvalue weighted by molar-refractivity contribution is 6.31. The Labute approximate surface area is 152 Å². The lowest BCUT2D eigenvalue weighted by Crippen LogP contribution is -2.35. The van der Waals surface area contributed by atoms with Crippen molar-refractivity contribution < 1.29 is 22.8 Å². The van der Waals surface area contributed by atoms with Crippen LogP contribution in [-0.4, -0.2) is 17.9 Å². The lowest BCUT2D eigenvalue weighted by Gasteiger charge is -2.18. The van der Waals surface area contributed by atoms with Gasteiger partial charge in [-0.15, -0.1) is 0 Å². The SMILES string of the molecule is Cc1cccc(N[C@@H]2CC(=O)N(c3ccc(Cl)c(C(F)(F)F)c3)C2=O)c1. The number of hydrogen-bond donors (Lipinski definition) is 1. The predicted molar refractivity (Wildman–Crippen MR) is 92.2 cm³/mol. The Kier molecular flexibility index (Phi) is 4.66. The Balaban J connectivity index is 1.88. The number of benzene rings is 2. The van der Waals surface area contributed by atoms with Crippen molar-refractivity contribution in [1.82, 2.24) is 0 Å². The number of amides is 2. The Morgan fingerprint density at radius 3 is 2.54 bits per heavy atom. The quantitative estimate of drug-likeness (QED) is 0.800. The van der Waals surface area contributed by atoms with E-state index in [4.69, 9.17) is 11.6 Å². The Bertz CT molecular complexity index is 883. The normalized spacial score (nSPS) is 17.7. The van der Waals surface area contributed by atoms with Crippen LogP contribution in [0.1, 0.15) is 17.5 Å². The molecule has 1 heterocycles. The summed E-state index contributed by atoms with van der Waals surface area (Å²) in [4.78, 5) is 25.6. The average Bonchev–Trinajstić information content (AvgIpc) is 2.81. The van der Waals surface area contributed by atoms with Crippen molar-refractivity contribution in [1.29, 1.82) is 0 Å². The molecule has 3 rings (SSSR count). The number of imide groups is 1. The minimum atomic E-state index is -4.68. The van der Waals surface area contributed by atoms with Crippen LogP contribution in [0, 0.1) is 6.92 Å². The number of carbonyl (C=O) groups is 2. The lowest BCUT2D eigenvalue weighted by atomic mass is 10.1. The van der Waals surface area contributed by atoms with Gasteiger partial charge in [-0.05, 0) is 42.8 Å². The largest absolute Gasteiger partial charge is 0.417 e. The van der Waals surface area contributed by atoms with E-state index in [2.05, 4.69) is 5.32 Å². The second-order valence-corrected chi connectivity index (χ2v) is 6.41. The number of aryl methyl sites for hydroxylation is 1. The van der Waals surface area contributed by atoms with Crippen molar-refractivity contribution in [3.05, 3.63) is 58.6 Å². The van der Waals surface area contributed by atoms with Gasteiger partial charge >= 0.3 is 6.18 Å². The van der Waals surface area contributed by atoms with E-state index in [1.165, 1.54) is 6.07 Å². The van der Waals surface area contributed by atoms with Crippen molar-refractivity contribution in [3.63, 3.8) is 0 Å². The maximum Gasteiger partial charge on any atom is 0.417 e. The van der Waals surface area contributed by atoms with Crippen molar-refractivity contribution in [2.24, 2.45) is 0 Å². The third-order valence-corrected chi connectivity index (χ3v) is 4.35. The Morgan fingerprint density at radius 2 is 1.88 bits per heavy atom. The smallest absolute Gasteiger partial charge is 0.373 e. The molecule has 0 radical (unpaired) electrons. The van der Waals surface area contributed by atoms with Crippen LogP contribution in [0.3, 0.4) is 0 Å². The first-order valence-electron chi connectivity index (χ1n) is 7.73. The number of alkyl halides is 3. The molecule has 0 unspecified atom stereocenters. The van der Waals surface area contributed by atoms with E-state index in [0.717, 1.165) is 16.5 Å². The fraction of sp³-hybridized carbons (Fsp3) is 0.222. The molecule has 1 N–H and O–H groups in total. The highest BCUT2D eigenvalue weighted by Crippen LogP contribution is 2.38. The van der Waals surface area contributed by atoms with Crippen LogP contribution in [-0.2, 0) is 15.8 Å². The molecule has 0 bridgehead atoms. The molecular formula is C18H14ClF3N2O2. The molecule has 26 heavy (non-hydrogen) atoms. The first-order chi connectivity index (χ1) is 12.2. The Hall–Kier alpha value is -2.54. The summed E-state index contributed by atoms with van der Waals surface area (Å²) in [5, 5.41) is 2.47. The molecule has 1 saturated heterocycles. The molecule has 136 valence electrons. The van der Waals surface area contributed by atoms with Gasteiger partial charge in [-0.1, -0.05) is 23.7 Å². The number of hydrogen-bond acceptors (Lipinski definition) is 3. The maximum atomic E-state index is 13.0. The van der Waals surface area contributed by atoms with Gasteiger partial charge in [0.25, 0.3) is 5.91 Å². The standard InChI is InChI=1S/C18H14ClF3N2O2/c1-10-3-2-4-11(7-10)23-15-9-16(25)24(17(15)26)12-5-6-14(19)13(8-12)18(20,21)22/h2-8,15,23H,9H2,1H3/t15-/m1/s1. The molecule has 1 aliphatic heterocycles. The topological polar surface area (TPSA) is 49.4 Å². The second-order valence-electron chi connectivity index (χ2n) is 6.00. The van der Waals surface area contributed by atoms with Gasteiger partial charge in [0.1, 0.15) is 6.04 Å². The van der Waals surface area contributed by atoms with Crippen molar-refractivity contribution in [3.8, 4) is 0 Å². The minimum absolute atomic E-state index is 0.142. The van der Waals surface area contributed by atoms with E-state index in [-0.39, 0.29) is 12.1 Å². The molecule has 4 nitrogen and oxygen atoms in total. The summed E-state index contributed by atoms with van der Waals surface area (Å²) < 4.78 is 39.1. The van der Waals surface area contributed by atoms with Gasteiger partial charge < -0.3 is 5.32 Å². The second kappa shape index (κ2) is 6.64. The number of halogens is 4. The molecule has 2 amide bonds. The maximum absolute atomic E-state index is 13.0. The van der Waals surface area contributed by atoms with Crippen LogP contribution in [0.4, 0.5) is 24.5 Å². The van der Waals surface area contributed by atoms with E-state index < -0.39 is 34.6 Å². The first kappa shape index (κ1) is 18.3. The van der Waals surface area contributed by atoms with E-state index in [0.29, 0.717) is 11.8 Å². The molecule has 8 heteroatoms. The molecular weight excluding hydrogens is 369 g/mol. The number of carbonyl (C=O) groups excluding carboxylic acids is 2. The van der Waals surface area contributed by atoms with Crippen LogP contribution in [0.2, 0.25) is 5.02 Å². The first-order valence-corrected chi connectivity index (χ1v) is 8.11. The fourth-order valence-corrected chi connectivity index (χ4v) is 3.05. The zero-order valence-corrected chi connectivity index (χ0v) is 14.4. The molecule has 2 aromatic rings. The minimum Gasteiger partial charge on any atom is -0.373 e. The molecule has 0 spiro atoms. The molecule has 0 aromatic heterocycles. The number of rotatable bonds is 3. The van der Waals surface area contributed by atoms with Crippen LogP contribution >= 0.6 is 11.6 Å². The molecule has 1 atom stereocenters. The zero-order chi connectivity index (χ0) is 19.1. The van der Waals surface area contributed by atoms with E-state index in [1.807, 2.05) is 19.1 Å². The number of anilines is 2. The van der Waals surface area contributed by atoms with E-state index in [1.54, 1.807) is 12.1 Å². The highest BCUT2D eigenvalue weighted by Gasteiger charge is 2.41. The van der Waals surface area contributed by atoms with Gasteiger partial charge in [-0.25, -0.2) is 4.90 Å². The van der Waals surface area contributed by atoms with Crippen LogP contribution in [0.5, 0.6) is 0 Å². The summed E-state index contributed by atoms with van der Waals surface area (Å²) in [6.07, 6.45) is -4.82. The summed E-state index contributed by atoms with van der Waals surface area (Å²) in [6.45, 7) is 1.88. The van der Waals surface area contributed by atoms with Crippen molar-refractivity contribution >= 4 is 34.8 Å². The summed E-state index contributed by atoms with van der Waals surface area (Å²) in [6, 6.07) is 9.37. The molecule has 2 aromatic carbocycles. The van der Waals surface area contributed by atoms with Crippen LogP contribution < -0.4 is 10.2 Å². The van der Waals surface area contributed by atoms with Crippen molar-refractivity contribution in [2.45, 2.75) is 25.6 Å². The zero-order valence-electron chi connectivity index (χ0n) is 13.6. The summed E-state index contributed by atoms with van der Waals surface area (Å²) >= 11 is 5.59. The third-order valence-electron chi connectivity index (χ3n) is 4.02. The highest BCUT2D eigenvalue weighted by atomic mass is 35.5. The summed E-state index contributed by atoms with van der Waals surface area (Å²) in [5.41, 5.74) is 0.388. The molecule has 1 fully saturated rings. The van der Waals surface area contributed by atoms with Crippen LogP contribution in [0.15, 0.2) is 42.5 Å². The number of nitrogens with one attached hydrogen (secondary N) is 1. The molecule has 0 aliphatic carbocycles. The molecule has 1 aliphatic rings. The third kappa shape index (κ3) is 3.53. The monoisotopic (exact) mass is 382 g/mol. The lowest BCUT2D eigenvalue weighted by molar-refractivity contribution is -0.137. The predicted octanol–water partition coefficient (Wildman–Crippen LogP) is 4.41. The van der Waals surface area contributed by atoms with Gasteiger partial charge in [0.15, 0.2) is 0 Å². The molecule has 0 saturated carbocycles. The van der Waals surface area contributed by atoms with Crippen LogP contribution in [0.25, 0.3) is 0 Å². The van der Waals surface area contributed by atoms with Gasteiger partial charge in [-0.2, -0.15) is 13.2 Å². The number of nitrogens with zero attached hydrogens (tertiary/aromatic N) is 1. The van der Waals surface area contributed by atoms with Gasteiger partial charge in [0, 0.05) is 5.69 Å².